The highest BCUT2D eigenvalue weighted by molar-refractivity contribution is 7.13. The molecule has 1 aromatic carbocycles. The maximum absolute atomic E-state index is 13.7. The molecule has 0 aliphatic carbocycles. The molecule has 0 atom stereocenters. The first-order valence-corrected chi connectivity index (χ1v) is 6.41. The summed E-state index contributed by atoms with van der Waals surface area (Å²) < 4.78 is 13.7. The minimum atomic E-state index is -0.431. The van der Waals surface area contributed by atoms with Gasteiger partial charge < -0.3 is 0 Å². The van der Waals surface area contributed by atoms with E-state index in [0.717, 1.165) is 4.88 Å². The summed E-state index contributed by atoms with van der Waals surface area (Å²) in [5.74, 6) is 0.529. The Balaban J connectivity index is 2.03. The number of nitrogens with zero attached hydrogens (tertiary/aromatic N) is 2. The molecule has 0 saturated carbocycles. The summed E-state index contributed by atoms with van der Waals surface area (Å²) >= 11 is 7.25. The van der Waals surface area contributed by atoms with Gasteiger partial charge in [-0.15, -0.1) is 11.3 Å². The zero-order valence-corrected chi connectivity index (χ0v) is 10.6. The van der Waals surface area contributed by atoms with E-state index in [9.17, 15) is 4.39 Å². The Morgan fingerprint density at radius 2 is 2.17 bits per heavy atom. The number of benzene rings is 1. The van der Waals surface area contributed by atoms with Crippen LogP contribution in [0.3, 0.4) is 0 Å². The van der Waals surface area contributed by atoms with Gasteiger partial charge in [-0.1, -0.05) is 17.7 Å². The van der Waals surface area contributed by atoms with Crippen LogP contribution in [0.25, 0.3) is 22.1 Å². The normalized spacial score (nSPS) is 10.8. The lowest BCUT2D eigenvalue weighted by molar-refractivity contribution is 0.630. The Hall–Kier alpha value is -1.72. The zero-order chi connectivity index (χ0) is 12.5. The van der Waals surface area contributed by atoms with Crippen molar-refractivity contribution >= 4 is 22.9 Å². The summed E-state index contributed by atoms with van der Waals surface area (Å²) in [6, 6.07) is 8.27. The molecule has 0 amide bonds. The molecule has 0 fully saturated rings. The van der Waals surface area contributed by atoms with Crippen molar-refractivity contribution in [2.75, 3.05) is 0 Å². The van der Waals surface area contributed by atoms with E-state index in [1.54, 1.807) is 23.5 Å². The van der Waals surface area contributed by atoms with Crippen LogP contribution in [0.15, 0.2) is 35.7 Å². The van der Waals surface area contributed by atoms with Crippen molar-refractivity contribution in [3.8, 4) is 22.1 Å². The first-order chi connectivity index (χ1) is 8.74. The maximum Gasteiger partial charge on any atom is 0.184 e. The lowest BCUT2D eigenvalue weighted by Gasteiger charge is -1.97. The van der Waals surface area contributed by atoms with Gasteiger partial charge in [-0.25, -0.2) is 9.37 Å². The molecule has 1 N–H and O–H groups in total. The quantitative estimate of drug-likeness (QED) is 0.770. The van der Waals surface area contributed by atoms with E-state index >= 15 is 0 Å². The summed E-state index contributed by atoms with van der Waals surface area (Å²) in [7, 11) is 0. The minimum Gasteiger partial charge on any atom is -0.258 e. The van der Waals surface area contributed by atoms with Gasteiger partial charge in [-0.2, -0.15) is 5.10 Å². The molecule has 3 nitrogen and oxygen atoms in total. The molecule has 6 heteroatoms. The van der Waals surface area contributed by atoms with E-state index in [0.29, 0.717) is 22.2 Å². The summed E-state index contributed by atoms with van der Waals surface area (Å²) in [4.78, 5) is 5.24. The fourth-order valence-corrected chi connectivity index (χ4v) is 2.40. The molecule has 2 heterocycles. The van der Waals surface area contributed by atoms with E-state index in [2.05, 4.69) is 15.2 Å². The molecule has 0 radical (unpaired) electrons. The van der Waals surface area contributed by atoms with E-state index in [-0.39, 0.29) is 0 Å². The molecular formula is C12H7ClFN3S. The Kier molecular flexibility index (Phi) is 2.85. The maximum atomic E-state index is 13.7. The van der Waals surface area contributed by atoms with E-state index in [1.165, 1.54) is 6.07 Å². The van der Waals surface area contributed by atoms with Crippen LogP contribution < -0.4 is 0 Å². The number of nitrogens with one attached hydrogen (secondary N) is 1. The summed E-state index contributed by atoms with van der Waals surface area (Å²) in [5, 5.41) is 9.12. The molecule has 0 saturated heterocycles. The van der Waals surface area contributed by atoms with Crippen LogP contribution in [-0.2, 0) is 0 Å². The van der Waals surface area contributed by atoms with Gasteiger partial charge in [0.2, 0.25) is 0 Å². The first-order valence-electron chi connectivity index (χ1n) is 5.16. The van der Waals surface area contributed by atoms with Crippen molar-refractivity contribution in [3.63, 3.8) is 0 Å². The second kappa shape index (κ2) is 4.51. The molecule has 0 bridgehead atoms. The highest BCUT2D eigenvalue weighted by Gasteiger charge is 2.12. The van der Waals surface area contributed by atoms with E-state index < -0.39 is 5.82 Å². The SMILES string of the molecule is Fc1cc(Cl)ccc1-c1n[nH]c(-c2cccs2)n1. The number of aromatic amines is 1. The monoisotopic (exact) mass is 279 g/mol. The molecule has 90 valence electrons. The summed E-state index contributed by atoms with van der Waals surface area (Å²) in [6.45, 7) is 0. The second-order valence-corrected chi connectivity index (χ2v) is 4.99. The first kappa shape index (κ1) is 11.4. The lowest BCUT2D eigenvalue weighted by atomic mass is 10.2. The second-order valence-electron chi connectivity index (χ2n) is 3.61. The third-order valence-electron chi connectivity index (χ3n) is 2.41. The van der Waals surface area contributed by atoms with Gasteiger partial charge in [0.15, 0.2) is 11.6 Å². The molecule has 3 rings (SSSR count). The standard InChI is InChI=1S/C12H7ClFN3S/c13-7-3-4-8(9(14)6-7)11-15-12(17-16-11)10-2-1-5-18-10/h1-6H,(H,15,16,17). The van der Waals surface area contributed by atoms with Crippen molar-refractivity contribution in [3.05, 3.63) is 46.6 Å². The lowest BCUT2D eigenvalue weighted by Crippen LogP contribution is -1.86. The van der Waals surface area contributed by atoms with Gasteiger partial charge in [0.1, 0.15) is 5.82 Å². The largest absolute Gasteiger partial charge is 0.258 e. The molecule has 0 spiro atoms. The number of H-pyrrole nitrogens is 1. The van der Waals surface area contributed by atoms with Crippen molar-refractivity contribution in [2.45, 2.75) is 0 Å². The molecule has 2 aromatic heterocycles. The highest BCUT2D eigenvalue weighted by Crippen LogP contribution is 2.26. The smallest absolute Gasteiger partial charge is 0.184 e. The number of aromatic nitrogens is 3. The molecular weight excluding hydrogens is 273 g/mol. The Labute approximate surface area is 111 Å². The number of rotatable bonds is 2. The third-order valence-corrected chi connectivity index (χ3v) is 3.52. The van der Waals surface area contributed by atoms with E-state index in [4.69, 9.17) is 11.6 Å². The van der Waals surface area contributed by atoms with Gasteiger partial charge in [0, 0.05) is 5.02 Å². The van der Waals surface area contributed by atoms with Gasteiger partial charge in [0.25, 0.3) is 0 Å². The average Bonchev–Trinajstić information content (AvgIpc) is 2.99. The molecule has 3 aromatic rings. The van der Waals surface area contributed by atoms with Crippen LogP contribution in [0.5, 0.6) is 0 Å². The molecule has 0 unspecified atom stereocenters. The van der Waals surface area contributed by atoms with Crippen LogP contribution in [0.4, 0.5) is 4.39 Å². The number of hydrogen-bond acceptors (Lipinski definition) is 3. The zero-order valence-electron chi connectivity index (χ0n) is 9.02. The predicted molar refractivity (Wildman–Crippen MR) is 70.1 cm³/mol. The van der Waals surface area contributed by atoms with Gasteiger partial charge in [0.05, 0.1) is 10.4 Å². The van der Waals surface area contributed by atoms with Gasteiger partial charge in [-0.05, 0) is 29.6 Å². The van der Waals surface area contributed by atoms with Crippen LogP contribution in [0.2, 0.25) is 5.02 Å². The number of halogens is 2. The van der Waals surface area contributed by atoms with Crippen molar-refractivity contribution in [1.29, 1.82) is 0 Å². The van der Waals surface area contributed by atoms with Crippen molar-refractivity contribution in [2.24, 2.45) is 0 Å². The third kappa shape index (κ3) is 2.02. The number of thiophene rings is 1. The Bertz CT molecular complexity index is 678. The fraction of sp³-hybridized carbons (Fsp3) is 0. The molecule has 0 aliphatic heterocycles. The van der Waals surface area contributed by atoms with Crippen LogP contribution >= 0.6 is 22.9 Å². The van der Waals surface area contributed by atoms with Crippen LogP contribution in [0, 0.1) is 5.82 Å². The van der Waals surface area contributed by atoms with Crippen molar-refractivity contribution < 1.29 is 4.39 Å². The summed E-state index contributed by atoms with van der Waals surface area (Å²) in [6.07, 6.45) is 0. The minimum absolute atomic E-state index is 0.326. The highest BCUT2D eigenvalue weighted by atomic mass is 35.5. The summed E-state index contributed by atoms with van der Waals surface area (Å²) in [5.41, 5.74) is 0.332. The van der Waals surface area contributed by atoms with Gasteiger partial charge >= 0.3 is 0 Å². The van der Waals surface area contributed by atoms with Gasteiger partial charge in [-0.3, -0.25) is 5.10 Å². The Morgan fingerprint density at radius 3 is 2.89 bits per heavy atom. The van der Waals surface area contributed by atoms with Crippen LogP contribution in [0.1, 0.15) is 0 Å². The van der Waals surface area contributed by atoms with E-state index in [1.807, 2.05) is 17.5 Å². The predicted octanol–water partition coefficient (Wildman–Crippen LogP) is 3.99. The Morgan fingerprint density at radius 1 is 1.28 bits per heavy atom. The van der Waals surface area contributed by atoms with Crippen LogP contribution in [-0.4, -0.2) is 15.2 Å². The molecule has 18 heavy (non-hydrogen) atoms. The molecule has 0 aliphatic rings. The fourth-order valence-electron chi connectivity index (χ4n) is 1.58. The average molecular weight is 280 g/mol. The topological polar surface area (TPSA) is 41.6 Å². The number of hydrogen-bond donors (Lipinski definition) is 1. The van der Waals surface area contributed by atoms with Crippen molar-refractivity contribution in [1.82, 2.24) is 15.2 Å².